The quantitative estimate of drug-likeness (QED) is 0.141. The maximum absolute atomic E-state index is 10.7. The molecule has 1 atom stereocenters. The molecule has 112 valence electrons. The second kappa shape index (κ2) is 11.0. The molecule has 0 radical (unpaired) electrons. The van der Waals surface area contributed by atoms with E-state index in [0.717, 1.165) is 5.57 Å². The Morgan fingerprint density at radius 2 is 2.00 bits per heavy atom. The number of terminal acetylenes is 1. The molecule has 0 heterocycles. The van der Waals surface area contributed by atoms with Gasteiger partial charge >= 0.3 is 35.5 Å². The summed E-state index contributed by atoms with van der Waals surface area (Å²) in [6.07, 6.45) is 8.97. The third kappa shape index (κ3) is 10.7. The van der Waals surface area contributed by atoms with E-state index < -0.39 is 21.5 Å². The number of ether oxygens (including phenoxy) is 1. The number of aliphatic hydroxyl groups is 1. The maximum atomic E-state index is 10.7. The van der Waals surface area contributed by atoms with Crippen LogP contribution < -0.4 is 29.6 Å². The molecule has 0 aromatic carbocycles. The van der Waals surface area contributed by atoms with Crippen molar-refractivity contribution in [3.05, 3.63) is 23.3 Å². The van der Waals surface area contributed by atoms with Crippen LogP contribution in [0.2, 0.25) is 0 Å². The van der Waals surface area contributed by atoms with Gasteiger partial charge in [0.05, 0.1) is 0 Å². The van der Waals surface area contributed by atoms with Crippen molar-refractivity contribution in [2.24, 2.45) is 0 Å². The van der Waals surface area contributed by atoms with Crippen molar-refractivity contribution in [3.63, 3.8) is 0 Å². The van der Waals surface area contributed by atoms with Gasteiger partial charge in [-0.2, -0.15) is 0 Å². The number of carbonyl (C=O) groups is 1. The van der Waals surface area contributed by atoms with E-state index in [1.165, 1.54) is 13.0 Å². The van der Waals surface area contributed by atoms with Gasteiger partial charge in [0, 0.05) is 5.92 Å². The minimum absolute atomic E-state index is 0. The fourth-order valence-corrected chi connectivity index (χ4v) is 1.81. The summed E-state index contributed by atoms with van der Waals surface area (Å²) >= 11 is 0. The standard InChI is InChI=1S/C13H18O6S.Na/c1-4-12(14)19-9-8-10(2)6-5-7-11(3)13(15)20(16,17)18;/h1,7-8,13,15H,5-6,9H2,2-3H3,(H,16,17,18);/q;+1/p-1. The molecule has 0 saturated heterocycles. The van der Waals surface area contributed by atoms with Gasteiger partial charge in [0.25, 0.3) is 0 Å². The Morgan fingerprint density at radius 1 is 1.43 bits per heavy atom. The smallest absolute Gasteiger partial charge is 0.746 e. The molecule has 6 nitrogen and oxygen atoms in total. The summed E-state index contributed by atoms with van der Waals surface area (Å²) in [7, 11) is -4.73. The summed E-state index contributed by atoms with van der Waals surface area (Å²) in [6.45, 7) is 3.23. The van der Waals surface area contributed by atoms with Gasteiger partial charge < -0.3 is 14.4 Å². The zero-order valence-electron chi connectivity index (χ0n) is 12.3. The fourth-order valence-electron chi connectivity index (χ4n) is 1.26. The average Bonchev–Trinajstić information content (AvgIpc) is 2.36. The Kier molecular flexibility index (Phi) is 11.9. The van der Waals surface area contributed by atoms with Crippen molar-refractivity contribution in [3.8, 4) is 12.3 Å². The van der Waals surface area contributed by atoms with E-state index in [1.807, 2.05) is 5.92 Å². The van der Waals surface area contributed by atoms with Crippen molar-refractivity contribution in [1.29, 1.82) is 0 Å². The molecular formula is C13H17NaO6S. The Labute approximate surface area is 147 Å². The first-order valence-electron chi connectivity index (χ1n) is 5.77. The molecule has 0 rings (SSSR count). The minimum atomic E-state index is -4.73. The molecule has 0 bridgehead atoms. The van der Waals surface area contributed by atoms with E-state index in [-0.39, 0.29) is 41.7 Å². The van der Waals surface area contributed by atoms with Gasteiger partial charge in [0.2, 0.25) is 0 Å². The number of carbonyl (C=O) groups excluding carboxylic acids is 1. The van der Waals surface area contributed by atoms with E-state index in [1.54, 1.807) is 13.0 Å². The number of allylic oxidation sites excluding steroid dienone is 2. The molecule has 1 N–H and O–H groups in total. The maximum Gasteiger partial charge on any atom is 1.00 e. The topological polar surface area (TPSA) is 104 Å². The van der Waals surface area contributed by atoms with E-state index in [2.05, 4.69) is 4.74 Å². The molecule has 8 heteroatoms. The van der Waals surface area contributed by atoms with E-state index in [4.69, 9.17) is 6.42 Å². The van der Waals surface area contributed by atoms with Crippen LogP contribution in [-0.2, 0) is 19.6 Å². The van der Waals surface area contributed by atoms with E-state index in [9.17, 15) is 22.9 Å². The van der Waals surface area contributed by atoms with E-state index in [0.29, 0.717) is 12.8 Å². The van der Waals surface area contributed by atoms with Crippen molar-refractivity contribution in [2.45, 2.75) is 32.1 Å². The van der Waals surface area contributed by atoms with Crippen LogP contribution in [0.1, 0.15) is 26.7 Å². The van der Waals surface area contributed by atoms with Crippen molar-refractivity contribution >= 4 is 16.1 Å². The molecule has 1 unspecified atom stereocenters. The largest absolute Gasteiger partial charge is 1.00 e. The summed E-state index contributed by atoms with van der Waals surface area (Å²) < 4.78 is 36.4. The molecule has 0 aliphatic rings. The first-order valence-corrected chi connectivity index (χ1v) is 7.24. The normalized spacial score (nSPS) is 13.9. The Hall–Kier alpha value is -0.620. The molecule has 0 aliphatic carbocycles. The van der Waals surface area contributed by atoms with Gasteiger partial charge in [0.15, 0.2) is 5.44 Å². The Morgan fingerprint density at radius 3 is 2.48 bits per heavy atom. The van der Waals surface area contributed by atoms with Crippen LogP contribution >= 0.6 is 0 Å². The first kappa shape index (κ1) is 22.7. The number of rotatable bonds is 7. The molecule has 0 fully saturated rings. The van der Waals surface area contributed by atoms with Crippen molar-refractivity contribution < 1.29 is 57.2 Å². The van der Waals surface area contributed by atoms with Gasteiger partial charge in [-0.05, 0) is 38.3 Å². The monoisotopic (exact) mass is 324 g/mol. The third-order valence-corrected chi connectivity index (χ3v) is 3.35. The number of aliphatic hydroxyl groups excluding tert-OH is 1. The number of hydrogen-bond donors (Lipinski definition) is 1. The molecule has 0 saturated carbocycles. The third-order valence-electron chi connectivity index (χ3n) is 2.43. The summed E-state index contributed by atoms with van der Waals surface area (Å²) in [5, 5.41) is 9.19. The Bertz CT molecular complexity index is 541. The zero-order chi connectivity index (χ0) is 15.8. The number of hydrogen-bond acceptors (Lipinski definition) is 6. The van der Waals surface area contributed by atoms with Gasteiger partial charge in [0.1, 0.15) is 16.7 Å². The average molecular weight is 324 g/mol. The zero-order valence-corrected chi connectivity index (χ0v) is 15.1. The molecule has 0 aliphatic heterocycles. The second-order valence-electron chi connectivity index (χ2n) is 4.13. The summed E-state index contributed by atoms with van der Waals surface area (Å²) in [6, 6.07) is 0. The molecule has 0 aromatic heterocycles. The summed E-state index contributed by atoms with van der Waals surface area (Å²) in [5.74, 6) is 1.07. The summed E-state index contributed by atoms with van der Waals surface area (Å²) in [5.41, 5.74) is -1.02. The predicted molar refractivity (Wildman–Crippen MR) is 72.2 cm³/mol. The predicted octanol–water partition coefficient (Wildman–Crippen LogP) is -2.30. The van der Waals surface area contributed by atoms with Crippen LogP contribution in [0.3, 0.4) is 0 Å². The van der Waals surface area contributed by atoms with Gasteiger partial charge in [-0.15, -0.1) is 6.42 Å². The van der Waals surface area contributed by atoms with Crippen molar-refractivity contribution in [1.82, 2.24) is 0 Å². The van der Waals surface area contributed by atoms with Crippen LogP contribution in [0.5, 0.6) is 0 Å². The molecule has 0 amide bonds. The molecule has 0 aromatic rings. The van der Waals surface area contributed by atoms with Gasteiger partial charge in [-0.3, -0.25) is 0 Å². The second-order valence-corrected chi connectivity index (χ2v) is 5.56. The molecule has 0 spiro atoms. The Balaban J connectivity index is 0. The summed E-state index contributed by atoms with van der Waals surface area (Å²) in [4.78, 5) is 10.7. The van der Waals surface area contributed by atoms with Crippen LogP contribution in [-0.4, -0.2) is 36.1 Å². The fraction of sp³-hybridized carbons (Fsp3) is 0.462. The molecule has 21 heavy (non-hydrogen) atoms. The minimum Gasteiger partial charge on any atom is -0.746 e. The van der Waals surface area contributed by atoms with Crippen molar-refractivity contribution in [2.75, 3.05) is 6.61 Å². The number of esters is 1. The van der Waals surface area contributed by atoms with Gasteiger partial charge in [-0.25, -0.2) is 13.2 Å². The first-order chi connectivity index (χ1) is 9.18. The van der Waals surface area contributed by atoms with Crippen LogP contribution in [0.4, 0.5) is 0 Å². The van der Waals surface area contributed by atoms with Crippen LogP contribution in [0, 0.1) is 12.3 Å². The van der Waals surface area contributed by atoms with Gasteiger partial charge in [-0.1, -0.05) is 11.6 Å². The molecular weight excluding hydrogens is 307 g/mol. The van der Waals surface area contributed by atoms with Crippen LogP contribution in [0.25, 0.3) is 0 Å². The SMILES string of the molecule is C#CC(=O)OCC=C(C)CCC=C(C)C(O)S(=O)(=O)[O-].[Na+]. The van der Waals surface area contributed by atoms with E-state index >= 15 is 0 Å². The van der Waals surface area contributed by atoms with Crippen LogP contribution in [0.15, 0.2) is 23.3 Å².